The summed E-state index contributed by atoms with van der Waals surface area (Å²) < 4.78 is 0. The second-order valence-electron chi connectivity index (χ2n) is 6.99. The molecule has 3 amide bonds. The molecule has 0 saturated heterocycles. The predicted molar refractivity (Wildman–Crippen MR) is 108 cm³/mol. The number of carbonyl (C=O) groups is 4. The highest BCUT2D eigenvalue weighted by atomic mass is 16.4. The van der Waals surface area contributed by atoms with Crippen LogP contribution in [-0.4, -0.2) is 62.0 Å². The Labute approximate surface area is 171 Å². The maximum atomic E-state index is 12.8. The van der Waals surface area contributed by atoms with Gasteiger partial charge in [0.15, 0.2) is 7.98 Å². The quantitative estimate of drug-likeness (QED) is 0.288. The van der Waals surface area contributed by atoms with Crippen molar-refractivity contribution in [3.63, 3.8) is 0 Å². The lowest BCUT2D eigenvalue weighted by Crippen LogP contribution is -2.55. The molecule has 2 radical (unpaired) electrons. The minimum atomic E-state index is -1.18. The lowest BCUT2D eigenvalue weighted by molar-refractivity contribution is -0.138. The van der Waals surface area contributed by atoms with Crippen LogP contribution in [0.25, 0.3) is 0 Å². The van der Waals surface area contributed by atoms with Gasteiger partial charge in [0, 0.05) is 6.42 Å². The zero-order valence-electron chi connectivity index (χ0n) is 16.6. The Morgan fingerprint density at radius 2 is 1.62 bits per heavy atom. The third-order valence-corrected chi connectivity index (χ3v) is 3.95. The van der Waals surface area contributed by atoms with Gasteiger partial charge in [0.05, 0.1) is 6.54 Å². The van der Waals surface area contributed by atoms with E-state index >= 15 is 0 Å². The van der Waals surface area contributed by atoms with E-state index < -0.39 is 42.3 Å². The zero-order valence-corrected chi connectivity index (χ0v) is 16.6. The molecule has 0 aliphatic carbocycles. The van der Waals surface area contributed by atoms with E-state index in [1.165, 1.54) is 0 Å². The third kappa shape index (κ3) is 9.75. The largest absolute Gasteiger partial charge is 0.480 e. The van der Waals surface area contributed by atoms with Crippen LogP contribution < -0.4 is 21.2 Å². The lowest BCUT2D eigenvalue weighted by atomic mass is 10.0. The average Bonchev–Trinajstić information content (AvgIpc) is 2.65. The number of hydrogen-bond donors (Lipinski definition) is 5. The normalized spacial score (nSPS) is 12.7. The first-order chi connectivity index (χ1) is 13.7. The van der Waals surface area contributed by atoms with Crippen molar-refractivity contribution >= 4 is 31.7 Å². The van der Waals surface area contributed by atoms with Crippen molar-refractivity contribution in [1.82, 2.24) is 21.2 Å². The number of carbonyl (C=O) groups excluding carboxylic acids is 3. The van der Waals surface area contributed by atoms with Gasteiger partial charge in [0.1, 0.15) is 18.6 Å². The summed E-state index contributed by atoms with van der Waals surface area (Å²) in [6, 6.07) is 7.24. The molecule has 0 aliphatic rings. The molecule has 2 unspecified atom stereocenters. The molecular weight excluding hydrogens is 375 g/mol. The standard InChI is InChI=1S/C19H27BN4O5/c1-12(2)8-14(18(28)21-11-17(26)27)24-19(29)15(23-16(25)10-22-20)9-13-6-4-3-5-7-13/h3-7,12,14-15,22H,8-11H2,1-2H3,(H,21,28)(H,23,25)(H,24,29)(H,26,27). The Morgan fingerprint density at radius 1 is 0.966 bits per heavy atom. The number of aliphatic carboxylic acids is 1. The Morgan fingerprint density at radius 3 is 2.17 bits per heavy atom. The van der Waals surface area contributed by atoms with E-state index in [4.69, 9.17) is 13.1 Å². The predicted octanol–water partition coefficient (Wildman–Crippen LogP) is -0.881. The fraction of sp³-hybridized carbons (Fsp3) is 0.474. The highest BCUT2D eigenvalue weighted by Gasteiger charge is 2.27. The van der Waals surface area contributed by atoms with Crippen molar-refractivity contribution < 1.29 is 24.3 Å². The maximum Gasteiger partial charge on any atom is 0.322 e. The smallest absolute Gasteiger partial charge is 0.322 e. The molecule has 10 heteroatoms. The molecule has 1 rings (SSSR count). The van der Waals surface area contributed by atoms with Gasteiger partial charge in [0.25, 0.3) is 0 Å². The van der Waals surface area contributed by atoms with Gasteiger partial charge in [-0.05, 0) is 17.9 Å². The minimum Gasteiger partial charge on any atom is -0.480 e. The molecule has 2 atom stereocenters. The number of carboxylic acid groups (broad SMARTS) is 1. The van der Waals surface area contributed by atoms with Gasteiger partial charge in [-0.1, -0.05) is 44.2 Å². The number of nitrogens with one attached hydrogen (secondary N) is 4. The van der Waals surface area contributed by atoms with Crippen molar-refractivity contribution in [2.75, 3.05) is 13.1 Å². The van der Waals surface area contributed by atoms with Gasteiger partial charge in [0.2, 0.25) is 17.7 Å². The van der Waals surface area contributed by atoms with Crippen LogP contribution in [0.4, 0.5) is 0 Å². The summed E-state index contributed by atoms with van der Waals surface area (Å²) in [5, 5.41) is 18.5. The van der Waals surface area contributed by atoms with Crippen LogP contribution in [0.15, 0.2) is 30.3 Å². The molecule has 0 aliphatic heterocycles. The van der Waals surface area contributed by atoms with Crippen LogP contribution in [0.1, 0.15) is 25.8 Å². The van der Waals surface area contributed by atoms with Gasteiger partial charge in [-0.2, -0.15) is 0 Å². The van der Waals surface area contributed by atoms with Crippen LogP contribution in [0.5, 0.6) is 0 Å². The number of benzene rings is 1. The molecule has 156 valence electrons. The monoisotopic (exact) mass is 402 g/mol. The minimum absolute atomic E-state index is 0.0690. The highest BCUT2D eigenvalue weighted by molar-refractivity contribution is 6.06. The molecule has 0 heterocycles. The second-order valence-corrected chi connectivity index (χ2v) is 6.99. The van der Waals surface area contributed by atoms with E-state index in [0.717, 1.165) is 5.56 Å². The third-order valence-electron chi connectivity index (χ3n) is 3.95. The van der Waals surface area contributed by atoms with Gasteiger partial charge in [-0.15, -0.1) is 0 Å². The number of hydrogen-bond acceptors (Lipinski definition) is 5. The fourth-order valence-corrected chi connectivity index (χ4v) is 2.66. The molecule has 5 N–H and O–H groups in total. The second kappa shape index (κ2) is 12.6. The van der Waals surface area contributed by atoms with Crippen LogP contribution in [0, 0.1) is 5.92 Å². The molecule has 0 bridgehead atoms. The lowest BCUT2D eigenvalue weighted by Gasteiger charge is -2.24. The van der Waals surface area contributed by atoms with Crippen LogP contribution in [0.3, 0.4) is 0 Å². The molecule has 0 fully saturated rings. The van der Waals surface area contributed by atoms with Crippen molar-refractivity contribution in [2.45, 2.75) is 38.8 Å². The van der Waals surface area contributed by atoms with Gasteiger partial charge in [-0.25, -0.2) is 0 Å². The number of carboxylic acids is 1. The van der Waals surface area contributed by atoms with E-state index in [-0.39, 0.29) is 18.9 Å². The van der Waals surface area contributed by atoms with E-state index in [1.807, 2.05) is 44.2 Å². The molecule has 0 saturated carbocycles. The molecule has 0 spiro atoms. The number of amides is 3. The van der Waals surface area contributed by atoms with E-state index in [1.54, 1.807) is 0 Å². The average molecular weight is 402 g/mol. The molecule has 1 aromatic carbocycles. The van der Waals surface area contributed by atoms with E-state index in [9.17, 15) is 19.2 Å². The first-order valence-electron chi connectivity index (χ1n) is 9.29. The molecular formula is C19H27BN4O5. The Balaban J connectivity index is 2.92. The zero-order chi connectivity index (χ0) is 21.8. The Bertz CT molecular complexity index is 699. The summed E-state index contributed by atoms with van der Waals surface area (Å²) in [7, 11) is 5.15. The summed E-state index contributed by atoms with van der Waals surface area (Å²) in [6.45, 7) is 3.03. The van der Waals surface area contributed by atoms with Crippen LogP contribution >= 0.6 is 0 Å². The van der Waals surface area contributed by atoms with Gasteiger partial charge >= 0.3 is 5.97 Å². The molecule has 9 nitrogen and oxygen atoms in total. The molecule has 1 aromatic rings. The van der Waals surface area contributed by atoms with E-state index in [0.29, 0.717) is 6.42 Å². The van der Waals surface area contributed by atoms with Crippen molar-refractivity contribution in [3.8, 4) is 0 Å². The van der Waals surface area contributed by atoms with Crippen molar-refractivity contribution in [2.24, 2.45) is 5.92 Å². The van der Waals surface area contributed by atoms with Crippen molar-refractivity contribution in [1.29, 1.82) is 0 Å². The summed E-state index contributed by atoms with van der Waals surface area (Å²) in [5.74, 6) is -2.73. The van der Waals surface area contributed by atoms with Gasteiger partial charge < -0.3 is 26.3 Å². The Kier molecular flexibility index (Phi) is 10.5. The van der Waals surface area contributed by atoms with Crippen LogP contribution in [-0.2, 0) is 25.6 Å². The molecule has 29 heavy (non-hydrogen) atoms. The van der Waals surface area contributed by atoms with E-state index in [2.05, 4.69) is 21.2 Å². The van der Waals surface area contributed by atoms with Crippen LogP contribution in [0.2, 0.25) is 0 Å². The fourth-order valence-electron chi connectivity index (χ4n) is 2.66. The summed E-state index contributed by atoms with van der Waals surface area (Å²) in [4.78, 5) is 47.8. The summed E-state index contributed by atoms with van der Waals surface area (Å²) in [5.41, 5.74) is 0.824. The molecule has 0 aromatic heterocycles. The SMILES string of the molecule is [B]NCC(=O)NC(Cc1ccccc1)C(=O)NC(CC(C)C)C(=O)NCC(=O)O. The maximum absolute atomic E-state index is 12.8. The van der Waals surface area contributed by atoms with Gasteiger partial charge in [-0.3, -0.25) is 19.2 Å². The highest BCUT2D eigenvalue weighted by Crippen LogP contribution is 2.08. The summed E-state index contributed by atoms with van der Waals surface area (Å²) in [6.07, 6.45) is 0.529. The van der Waals surface area contributed by atoms with Crippen molar-refractivity contribution in [3.05, 3.63) is 35.9 Å². The Hall–Kier alpha value is -2.88. The number of rotatable bonds is 12. The first kappa shape index (κ1) is 24.2. The topological polar surface area (TPSA) is 137 Å². The first-order valence-corrected chi connectivity index (χ1v) is 9.29. The summed E-state index contributed by atoms with van der Waals surface area (Å²) >= 11 is 0.